The zero-order chi connectivity index (χ0) is 17.2. The fourth-order valence-electron chi connectivity index (χ4n) is 2.11. The molecule has 0 N–H and O–H groups in total. The predicted molar refractivity (Wildman–Crippen MR) is 90.2 cm³/mol. The number of rotatable bonds is 4. The number of aryl methyl sites for hydroxylation is 2. The molecule has 4 rings (SSSR count). The van der Waals surface area contributed by atoms with Crippen molar-refractivity contribution < 1.29 is 0 Å². The van der Waals surface area contributed by atoms with E-state index in [4.69, 9.17) is 4.98 Å². The van der Waals surface area contributed by atoms with Crippen LogP contribution in [0.4, 0.5) is 0 Å². The van der Waals surface area contributed by atoms with Crippen LogP contribution in [0, 0.1) is 0 Å². The number of benzene rings is 1. The van der Waals surface area contributed by atoms with Crippen LogP contribution in [0.5, 0.6) is 0 Å². The Morgan fingerprint density at radius 2 is 1.60 bits per heavy atom. The van der Waals surface area contributed by atoms with Crippen molar-refractivity contribution in [3.8, 4) is 0 Å². The lowest BCUT2D eigenvalue weighted by Gasteiger charge is -2.05. The van der Waals surface area contributed by atoms with Gasteiger partial charge in [0.25, 0.3) is 0 Å². The Bertz CT molecular complexity index is 1070. The Hall–Kier alpha value is -3.21. The highest BCUT2D eigenvalue weighted by molar-refractivity contribution is 7.99. The summed E-state index contributed by atoms with van der Waals surface area (Å²) in [6, 6.07) is 7.69. The molecule has 0 aliphatic rings. The van der Waals surface area contributed by atoms with Gasteiger partial charge in [-0.1, -0.05) is 12.1 Å². The second-order valence-electron chi connectivity index (χ2n) is 5.08. The summed E-state index contributed by atoms with van der Waals surface area (Å²) in [5.74, 6) is 0.617. The Kier molecular flexibility index (Phi) is 3.90. The van der Waals surface area contributed by atoms with Crippen molar-refractivity contribution in [2.45, 2.75) is 10.2 Å². The summed E-state index contributed by atoms with van der Waals surface area (Å²) in [4.78, 5) is 9.38. The summed E-state index contributed by atoms with van der Waals surface area (Å²) in [5, 5.41) is 24.2. The maximum absolute atomic E-state index is 4.70. The zero-order valence-electron chi connectivity index (χ0n) is 13.3. The molecule has 0 aliphatic heterocycles. The minimum atomic E-state index is 0.617. The molecule has 1 aromatic carbocycles. The standard InChI is InChI=1S/C14H12N10S/c1-23-12(17-19-21-23)8-7-11-13(25-14-18-20-22-24(14)2)16-10-6-4-3-5-9(10)15-11/h3-8H,1-2H3/b8-7+. The Labute approximate surface area is 146 Å². The lowest BCUT2D eigenvalue weighted by molar-refractivity contribution is 0.664. The van der Waals surface area contributed by atoms with Crippen molar-refractivity contribution in [1.82, 2.24) is 50.4 Å². The van der Waals surface area contributed by atoms with Crippen molar-refractivity contribution in [2.24, 2.45) is 14.1 Å². The predicted octanol–water partition coefficient (Wildman–Crippen LogP) is 0.998. The molecule has 0 amide bonds. The van der Waals surface area contributed by atoms with E-state index < -0.39 is 0 Å². The Morgan fingerprint density at radius 1 is 0.880 bits per heavy atom. The molecule has 0 unspecified atom stereocenters. The van der Waals surface area contributed by atoms with Gasteiger partial charge in [-0.15, -0.1) is 10.2 Å². The van der Waals surface area contributed by atoms with Gasteiger partial charge < -0.3 is 0 Å². The molecule has 124 valence electrons. The lowest BCUT2D eigenvalue weighted by Crippen LogP contribution is -1.97. The van der Waals surface area contributed by atoms with E-state index in [1.165, 1.54) is 11.8 Å². The Balaban J connectivity index is 1.79. The third-order valence-electron chi connectivity index (χ3n) is 3.38. The molecule has 3 heterocycles. The highest BCUT2D eigenvalue weighted by Crippen LogP contribution is 2.28. The normalized spacial score (nSPS) is 11.6. The highest BCUT2D eigenvalue weighted by Gasteiger charge is 2.12. The van der Waals surface area contributed by atoms with Crippen LogP contribution in [-0.4, -0.2) is 50.4 Å². The van der Waals surface area contributed by atoms with Gasteiger partial charge in [0, 0.05) is 14.1 Å². The maximum atomic E-state index is 4.70. The molecule has 0 aliphatic carbocycles. The summed E-state index contributed by atoms with van der Waals surface area (Å²) in [6.07, 6.45) is 3.62. The van der Waals surface area contributed by atoms with Crippen LogP contribution in [0.3, 0.4) is 0 Å². The summed E-state index contributed by atoms with van der Waals surface area (Å²) in [5.41, 5.74) is 2.30. The van der Waals surface area contributed by atoms with Crippen LogP contribution < -0.4 is 0 Å². The molecule has 0 spiro atoms. The first kappa shape index (κ1) is 15.3. The minimum absolute atomic E-state index is 0.617. The monoisotopic (exact) mass is 352 g/mol. The van der Waals surface area contributed by atoms with Gasteiger partial charge in [-0.2, -0.15) is 0 Å². The Morgan fingerprint density at radius 3 is 2.28 bits per heavy atom. The van der Waals surface area contributed by atoms with Gasteiger partial charge in [0.05, 0.1) is 16.7 Å². The molecule has 0 bridgehead atoms. The second kappa shape index (κ2) is 6.36. The van der Waals surface area contributed by atoms with E-state index in [0.717, 1.165) is 11.0 Å². The number of hydrogen-bond acceptors (Lipinski definition) is 9. The van der Waals surface area contributed by atoms with E-state index in [9.17, 15) is 0 Å². The van der Waals surface area contributed by atoms with Crippen molar-refractivity contribution in [2.75, 3.05) is 0 Å². The maximum Gasteiger partial charge on any atom is 0.215 e. The van der Waals surface area contributed by atoms with Crippen LogP contribution in [0.1, 0.15) is 11.5 Å². The van der Waals surface area contributed by atoms with Gasteiger partial charge in [0.15, 0.2) is 5.82 Å². The fourth-order valence-corrected chi connectivity index (χ4v) is 2.89. The molecule has 10 nitrogen and oxygen atoms in total. The average molecular weight is 352 g/mol. The lowest BCUT2D eigenvalue weighted by atomic mass is 10.3. The van der Waals surface area contributed by atoms with Crippen LogP contribution in [0.15, 0.2) is 34.4 Å². The van der Waals surface area contributed by atoms with Gasteiger partial charge in [-0.25, -0.2) is 19.3 Å². The minimum Gasteiger partial charge on any atom is -0.244 e. The molecule has 11 heteroatoms. The topological polar surface area (TPSA) is 113 Å². The molecule has 3 aromatic heterocycles. The largest absolute Gasteiger partial charge is 0.244 e. The van der Waals surface area contributed by atoms with Crippen LogP contribution in [0.2, 0.25) is 0 Å². The third kappa shape index (κ3) is 3.08. The number of tetrazole rings is 2. The van der Waals surface area contributed by atoms with Crippen LogP contribution >= 0.6 is 11.8 Å². The molecule has 0 radical (unpaired) electrons. The molecular weight excluding hydrogens is 340 g/mol. The van der Waals surface area contributed by atoms with E-state index in [0.29, 0.717) is 21.7 Å². The van der Waals surface area contributed by atoms with Gasteiger partial charge in [0.2, 0.25) is 5.16 Å². The number of para-hydroxylation sites is 2. The second-order valence-corrected chi connectivity index (χ2v) is 6.04. The summed E-state index contributed by atoms with van der Waals surface area (Å²) in [7, 11) is 3.55. The first-order valence-electron chi connectivity index (χ1n) is 7.28. The molecule has 0 saturated heterocycles. The molecular formula is C14H12N10S. The smallest absolute Gasteiger partial charge is 0.215 e. The van der Waals surface area contributed by atoms with E-state index in [-0.39, 0.29) is 0 Å². The number of hydrogen-bond donors (Lipinski definition) is 0. The van der Waals surface area contributed by atoms with E-state index in [1.54, 1.807) is 29.5 Å². The molecule has 4 aromatic rings. The highest BCUT2D eigenvalue weighted by atomic mass is 32.2. The van der Waals surface area contributed by atoms with Gasteiger partial charge in [-0.05, 0) is 56.9 Å². The molecule has 25 heavy (non-hydrogen) atoms. The molecule has 0 fully saturated rings. The fraction of sp³-hybridized carbons (Fsp3) is 0.143. The molecule has 0 saturated carbocycles. The first-order valence-corrected chi connectivity index (χ1v) is 8.10. The van der Waals surface area contributed by atoms with Crippen LogP contribution in [-0.2, 0) is 14.1 Å². The summed E-state index contributed by atoms with van der Waals surface area (Å²) < 4.78 is 3.16. The zero-order valence-corrected chi connectivity index (χ0v) is 14.2. The summed E-state index contributed by atoms with van der Waals surface area (Å²) >= 11 is 1.35. The first-order chi connectivity index (χ1) is 12.2. The van der Waals surface area contributed by atoms with E-state index >= 15 is 0 Å². The summed E-state index contributed by atoms with van der Waals surface area (Å²) in [6.45, 7) is 0. The van der Waals surface area contributed by atoms with Crippen molar-refractivity contribution in [1.29, 1.82) is 0 Å². The number of nitrogens with zero attached hydrogens (tertiary/aromatic N) is 10. The van der Waals surface area contributed by atoms with Crippen molar-refractivity contribution >= 4 is 34.9 Å². The van der Waals surface area contributed by atoms with Crippen molar-refractivity contribution in [3.63, 3.8) is 0 Å². The van der Waals surface area contributed by atoms with Gasteiger partial charge in [0.1, 0.15) is 5.03 Å². The molecule has 0 atom stereocenters. The number of fused-ring (bicyclic) bond motifs is 1. The van der Waals surface area contributed by atoms with Crippen LogP contribution in [0.25, 0.3) is 23.2 Å². The SMILES string of the molecule is Cn1nnnc1/C=C/c1nc2ccccc2nc1Sc1nnnn1C. The van der Waals surface area contributed by atoms with Gasteiger partial charge >= 0.3 is 0 Å². The van der Waals surface area contributed by atoms with E-state index in [1.807, 2.05) is 30.3 Å². The number of aromatic nitrogens is 10. The third-order valence-corrected chi connectivity index (χ3v) is 4.40. The average Bonchev–Trinajstić information content (AvgIpc) is 3.21. The van der Waals surface area contributed by atoms with Crippen molar-refractivity contribution in [3.05, 3.63) is 35.8 Å². The van der Waals surface area contributed by atoms with Gasteiger partial charge in [-0.3, -0.25) is 0 Å². The quantitative estimate of drug-likeness (QED) is 0.530. The van der Waals surface area contributed by atoms with E-state index in [2.05, 4.69) is 36.0 Å².